The van der Waals surface area contributed by atoms with E-state index in [-0.39, 0.29) is 0 Å². The molecule has 0 unspecified atom stereocenters. The zero-order valence-corrected chi connectivity index (χ0v) is 17.0. The molecule has 30 heavy (non-hydrogen) atoms. The van der Waals surface area contributed by atoms with Crippen molar-refractivity contribution in [2.75, 3.05) is 21.3 Å². The van der Waals surface area contributed by atoms with Crippen LogP contribution >= 0.6 is 0 Å². The topological polar surface area (TPSA) is 131 Å². The van der Waals surface area contributed by atoms with Crippen molar-refractivity contribution >= 4 is 22.1 Å². The Bertz CT molecular complexity index is 1030. The zero-order valence-electron chi connectivity index (χ0n) is 17.0. The van der Waals surface area contributed by atoms with Gasteiger partial charge in [-0.15, -0.1) is 0 Å². The van der Waals surface area contributed by atoms with E-state index in [1.54, 1.807) is 0 Å². The normalized spacial score (nSPS) is 9.67. The number of nitrogens with one attached hydrogen (secondary N) is 2. The molecule has 0 aliphatic rings. The smallest absolute Gasteiger partial charge is 0.157 e. The molecular formula is C22H25N5O3. The SMILES string of the molecule is CO.CO.CO.c1cc(-c2nc3ccccc3[nH]2)nc(-c2nc3ccccc3[nH]2)c1. The molecule has 3 heterocycles. The highest BCUT2D eigenvalue weighted by atomic mass is 16.2. The minimum atomic E-state index is 0.758. The molecule has 5 aromatic rings. The maximum Gasteiger partial charge on any atom is 0.157 e. The summed E-state index contributed by atoms with van der Waals surface area (Å²) in [5.41, 5.74) is 5.46. The Morgan fingerprint density at radius 3 is 1.30 bits per heavy atom. The third-order valence-electron chi connectivity index (χ3n) is 4.01. The molecule has 0 amide bonds. The number of benzene rings is 2. The minimum absolute atomic E-state index is 0.758. The summed E-state index contributed by atoms with van der Waals surface area (Å²) in [4.78, 5) is 20.6. The molecule has 0 saturated carbocycles. The van der Waals surface area contributed by atoms with Gasteiger partial charge in [0.25, 0.3) is 0 Å². The highest BCUT2D eigenvalue weighted by Crippen LogP contribution is 2.23. The molecule has 3 aromatic heterocycles. The largest absolute Gasteiger partial charge is 0.400 e. The quantitative estimate of drug-likeness (QED) is 0.306. The molecule has 0 radical (unpaired) electrons. The molecule has 0 atom stereocenters. The molecule has 5 rings (SSSR count). The number of aromatic amines is 2. The number of para-hydroxylation sites is 4. The lowest BCUT2D eigenvalue weighted by Crippen LogP contribution is -1.90. The Hall–Kier alpha value is -3.59. The summed E-state index contributed by atoms with van der Waals surface area (Å²) >= 11 is 0. The van der Waals surface area contributed by atoms with E-state index in [1.165, 1.54) is 0 Å². The van der Waals surface area contributed by atoms with Crippen molar-refractivity contribution in [1.82, 2.24) is 24.9 Å². The van der Waals surface area contributed by atoms with E-state index < -0.39 is 0 Å². The highest BCUT2D eigenvalue weighted by molar-refractivity contribution is 5.80. The maximum atomic E-state index is 7.00. The summed E-state index contributed by atoms with van der Waals surface area (Å²) in [5.74, 6) is 1.52. The van der Waals surface area contributed by atoms with Crippen molar-refractivity contribution in [3.8, 4) is 23.0 Å². The number of H-pyrrole nitrogens is 2. The summed E-state index contributed by atoms with van der Waals surface area (Å²) in [6, 6.07) is 21.8. The van der Waals surface area contributed by atoms with Crippen molar-refractivity contribution in [3.05, 3.63) is 66.7 Å². The van der Waals surface area contributed by atoms with Crippen LogP contribution in [0.25, 0.3) is 45.1 Å². The molecular weight excluding hydrogens is 382 g/mol. The van der Waals surface area contributed by atoms with Gasteiger partial charge in [-0.25, -0.2) is 15.0 Å². The highest BCUT2D eigenvalue weighted by Gasteiger charge is 2.10. The van der Waals surface area contributed by atoms with Gasteiger partial charge >= 0.3 is 0 Å². The summed E-state index contributed by atoms with van der Waals surface area (Å²) < 4.78 is 0. The number of imidazole rings is 2. The number of hydrogen-bond donors (Lipinski definition) is 5. The number of pyridine rings is 1. The van der Waals surface area contributed by atoms with E-state index in [1.807, 2.05) is 66.7 Å². The van der Waals surface area contributed by atoms with Gasteiger partial charge in [0.1, 0.15) is 11.4 Å². The van der Waals surface area contributed by atoms with E-state index in [9.17, 15) is 0 Å². The number of nitrogens with zero attached hydrogens (tertiary/aromatic N) is 3. The summed E-state index contributed by atoms with van der Waals surface area (Å²) in [6.45, 7) is 0. The van der Waals surface area contributed by atoms with Crippen LogP contribution in [0.2, 0.25) is 0 Å². The van der Waals surface area contributed by atoms with Gasteiger partial charge < -0.3 is 25.3 Å². The van der Waals surface area contributed by atoms with Crippen molar-refractivity contribution < 1.29 is 15.3 Å². The molecule has 2 aromatic carbocycles. The van der Waals surface area contributed by atoms with Crippen molar-refractivity contribution in [1.29, 1.82) is 0 Å². The molecule has 8 nitrogen and oxygen atoms in total. The molecule has 5 N–H and O–H groups in total. The van der Waals surface area contributed by atoms with Crippen LogP contribution in [0.5, 0.6) is 0 Å². The van der Waals surface area contributed by atoms with Crippen LogP contribution in [0.1, 0.15) is 0 Å². The number of aromatic nitrogens is 5. The van der Waals surface area contributed by atoms with Gasteiger partial charge in [-0.1, -0.05) is 30.3 Å². The lowest BCUT2D eigenvalue weighted by molar-refractivity contribution is 0.399. The van der Waals surface area contributed by atoms with Gasteiger partial charge in [0.2, 0.25) is 0 Å². The fraction of sp³-hybridized carbons (Fsp3) is 0.136. The van der Waals surface area contributed by atoms with Crippen LogP contribution in [0.4, 0.5) is 0 Å². The van der Waals surface area contributed by atoms with Crippen molar-refractivity contribution in [2.45, 2.75) is 0 Å². The van der Waals surface area contributed by atoms with Gasteiger partial charge in [-0.3, -0.25) is 0 Å². The van der Waals surface area contributed by atoms with E-state index in [0.717, 1.165) is 66.4 Å². The predicted molar refractivity (Wildman–Crippen MR) is 119 cm³/mol. The Labute approximate surface area is 173 Å². The average molecular weight is 407 g/mol. The van der Waals surface area contributed by atoms with Crippen LogP contribution in [0, 0.1) is 0 Å². The lowest BCUT2D eigenvalue weighted by atomic mass is 10.3. The summed E-state index contributed by atoms with van der Waals surface area (Å²) in [6.07, 6.45) is 0. The second kappa shape index (κ2) is 11.4. The van der Waals surface area contributed by atoms with Crippen LogP contribution in [0.15, 0.2) is 66.7 Å². The monoisotopic (exact) mass is 407 g/mol. The molecule has 0 fully saturated rings. The maximum absolute atomic E-state index is 7.00. The van der Waals surface area contributed by atoms with Crippen molar-refractivity contribution in [2.24, 2.45) is 0 Å². The molecule has 0 saturated heterocycles. The number of aliphatic hydroxyl groups excluding tert-OH is 3. The second-order valence-electron chi connectivity index (χ2n) is 5.61. The van der Waals surface area contributed by atoms with E-state index >= 15 is 0 Å². The van der Waals surface area contributed by atoms with Crippen molar-refractivity contribution in [3.63, 3.8) is 0 Å². The fourth-order valence-electron chi connectivity index (χ4n) is 2.85. The van der Waals surface area contributed by atoms with Crippen LogP contribution < -0.4 is 0 Å². The van der Waals surface area contributed by atoms with Crippen LogP contribution in [0.3, 0.4) is 0 Å². The Morgan fingerprint density at radius 1 is 0.500 bits per heavy atom. The molecule has 0 bridgehead atoms. The number of rotatable bonds is 2. The Kier molecular flexibility index (Phi) is 8.64. The zero-order chi connectivity index (χ0) is 21.9. The number of fused-ring (bicyclic) bond motifs is 2. The first kappa shape index (κ1) is 22.7. The Morgan fingerprint density at radius 2 is 0.900 bits per heavy atom. The van der Waals surface area contributed by atoms with E-state index in [2.05, 4.69) is 19.9 Å². The third kappa shape index (κ3) is 4.87. The molecule has 0 spiro atoms. The first-order valence-corrected chi connectivity index (χ1v) is 9.08. The molecule has 8 heteroatoms. The second-order valence-corrected chi connectivity index (χ2v) is 5.61. The number of hydrogen-bond acceptors (Lipinski definition) is 6. The minimum Gasteiger partial charge on any atom is -0.400 e. The lowest BCUT2D eigenvalue weighted by Gasteiger charge is -1.99. The molecule has 0 aliphatic heterocycles. The van der Waals surface area contributed by atoms with Gasteiger partial charge in [0.15, 0.2) is 11.6 Å². The first-order valence-electron chi connectivity index (χ1n) is 9.08. The number of aliphatic hydroxyl groups is 3. The fourth-order valence-corrected chi connectivity index (χ4v) is 2.85. The molecule has 0 aliphatic carbocycles. The van der Waals surface area contributed by atoms with Gasteiger partial charge in [-0.05, 0) is 36.4 Å². The Balaban J connectivity index is 0.000000493. The van der Waals surface area contributed by atoms with E-state index in [0.29, 0.717) is 0 Å². The standard InChI is InChI=1S/C19H13N5.3CH4O/c1-2-7-13-12(6-1)21-18(22-13)16-10-5-11-17(20-16)19-23-14-8-3-4-9-15(14)24-19;3*1-2/h1-11H,(H,21,22)(H,23,24);3*2H,1H3. The summed E-state index contributed by atoms with van der Waals surface area (Å²) in [5, 5.41) is 21.0. The first-order chi connectivity index (χ1) is 14.9. The van der Waals surface area contributed by atoms with Gasteiger partial charge in [0, 0.05) is 21.3 Å². The summed E-state index contributed by atoms with van der Waals surface area (Å²) in [7, 11) is 3.00. The molecule has 156 valence electrons. The third-order valence-corrected chi connectivity index (χ3v) is 4.01. The van der Waals surface area contributed by atoms with E-state index in [4.69, 9.17) is 20.3 Å². The van der Waals surface area contributed by atoms with Gasteiger partial charge in [-0.2, -0.15) is 0 Å². The average Bonchev–Trinajstić information content (AvgIpc) is 3.47. The van der Waals surface area contributed by atoms with Crippen LogP contribution in [-0.4, -0.2) is 61.6 Å². The van der Waals surface area contributed by atoms with Crippen LogP contribution in [-0.2, 0) is 0 Å². The van der Waals surface area contributed by atoms with Gasteiger partial charge in [0.05, 0.1) is 22.1 Å². The predicted octanol–water partition coefficient (Wildman–Crippen LogP) is 2.99.